The number of fused-ring (bicyclic) bond motifs is 1. The molecule has 1 spiro atoms. The number of hydrogen-bond acceptors (Lipinski definition) is 5. The van der Waals surface area contributed by atoms with Gasteiger partial charge in [-0.15, -0.1) is 0 Å². The predicted octanol–water partition coefficient (Wildman–Crippen LogP) is 4.18. The van der Waals surface area contributed by atoms with Crippen LogP contribution in [0.1, 0.15) is 32.1 Å². The van der Waals surface area contributed by atoms with Crippen LogP contribution in [0.5, 0.6) is 17.2 Å². The number of para-hydroxylation sites is 2. The van der Waals surface area contributed by atoms with Gasteiger partial charge in [-0.1, -0.05) is 18.6 Å². The highest BCUT2D eigenvalue weighted by Gasteiger charge is 2.42. The first-order valence-electron chi connectivity index (χ1n) is 9.36. The zero-order valence-electron chi connectivity index (χ0n) is 15.4. The molecular weight excluding hydrogens is 344 g/mol. The fourth-order valence-corrected chi connectivity index (χ4v) is 3.64. The van der Waals surface area contributed by atoms with Gasteiger partial charge < -0.3 is 24.8 Å². The monoisotopic (exact) mass is 368 g/mol. The first-order chi connectivity index (χ1) is 13.2. The van der Waals surface area contributed by atoms with Crippen LogP contribution < -0.4 is 24.8 Å². The Labute approximate surface area is 158 Å². The van der Waals surface area contributed by atoms with Crippen LogP contribution in [0.4, 0.5) is 11.4 Å². The predicted molar refractivity (Wildman–Crippen MR) is 104 cm³/mol. The summed E-state index contributed by atoms with van der Waals surface area (Å²) in [5.74, 6) is 1.50. The molecule has 1 amide bonds. The zero-order chi connectivity index (χ0) is 18.7. The van der Waals surface area contributed by atoms with E-state index in [1.54, 1.807) is 7.11 Å². The van der Waals surface area contributed by atoms with Gasteiger partial charge in [-0.2, -0.15) is 0 Å². The Bertz CT molecular complexity index is 831. The molecule has 1 saturated carbocycles. The molecule has 6 heteroatoms. The normalized spacial score (nSPS) is 16.8. The average Bonchev–Trinajstić information content (AvgIpc) is 3.03. The molecule has 0 unspecified atom stereocenters. The van der Waals surface area contributed by atoms with Crippen molar-refractivity contribution in [3.05, 3.63) is 42.5 Å². The summed E-state index contributed by atoms with van der Waals surface area (Å²) in [6.45, 7) is 0.138. The van der Waals surface area contributed by atoms with E-state index in [0.29, 0.717) is 17.2 Å². The van der Waals surface area contributed by atoms with Crippen molar-refractivity contribution < 1.29 is 19.0 Å². The van der Waals surface area contributed by atoms with E-state index >= 15 is 0 Å². The molecule has 4 rings (SSSR count). The first-order valence-corrected chi connectivity index (χ1v) is 9.36. The molecule has 0 atom stereocenters. The van der Waals surface area contributed by atoms with E-state index in [1.807, 2.05) is 42.5 Å². The van der Waals surface area contributed by atoms with E-state index in [2.05, 4.69) is 10.6 Å². The molecule has 2 aromatic carbocycles. The van der Waals surface area contributed by atoms with Crippen LogP contribution in [0.2, 0.25) is 0 Å². The van der Waals surface area contributed by atoms with Crippen molar-refractivity contribution in [2.24, 2.45) is 0 Å². The lowest BCUT2D eigenvalue weighted by molar-refractivity contribution is -0.114. The van der Waals surface area contributed by atoms with E-state index in [9.17, 15) is 4.79 Å². The molecule has 142 valence electrons. The quantitative estimate of drug-likeness (QED) is 0.829. The second-order valence-corrected chi connectivity index (χ2v) is 6.94. The van der Waals surface area contributed by atoms with Gasteiger partial charge in [0.2, 0.25) is 5.91 Å². The van der Waals surface area contributed by atoms with Gasteiger partial charge in [0.25, 0.3) is 5.79 Å². The van der Waals surface area contributed by atoms with Crippen molar-refractivity contribution in [2.75, 3.05) is 24.3 Å². The zero-order valence-corrected chi connectivity index (χ0v) is 15.4. The van der Waals surface area contributed by atoms with Crippen molar-refractivity contribution in [2.45, 2.75) is 37.9 Å². The first kappa shape index (κ1) is 17.5. The smallest absolute Gasteiger partial charge is 0.251 e. The number of carbonyl (C=O) groups excluding carboxylic acids is 1. The van der Waals surface area contributed by atoms with Crippen LogP contribution in [0.3, 0.4) is 0 Å². The number of benzene rings is 2. The number of carbonyl (C=O) groups is 1. The van der Waals surface area contributed by atoms with Gasteiger partial charge in [-0.3, -0.25) is 4.79 Å². The van der Waals surface area contributed by atoms with Crippen LogP contribution in [0.25, 0.3) is 0 Å². The lowest BCUT2D eigenvalue weighted by atomic mass is 9.94. The van der Waals surface area contributed by atoms with E-state index in [0.717, 1.165) is 37.1 Å². The van der Waals surface area contributed by atoms with Crippen molar-refractivity contribution in [1.29, 1.82) is 0 Å². The lowest BCUT2D eigenvalue weighted by Crippen LogP contribution is -2.40. The highest BCUT2D eigenvalue weighted by atomic mass is 16.7. The minimum atomic E-state index is -0.505. The Balaban J connectivity index is 1.37. The molecule has 1 aliphatic heterocycles. The molecule has 2 aliphatic rings. The largest absolute Gasteiger partial charge is 0.495 e. The van der Waals surface area contributed by atoms with Crippen LogP contribution in [-0.2, 0) is 4.79 Å². The van der Waals surface area contributed by atoms with E-state index in [4.69, 9.17) is 14.2 Å². The summed E-state index contributed by atoms with van der Waals surface area (Å²) >= 11 is 0. The number of ether oxygens (including phenoxy) is 3. The molecule has 0 radical (unpaired) electrons. The van der Waals surface area contributed by atoms with Crippen molar-refractivity contribution in [3.63, 3.8) is 0 Å². The molecular formula is C21H24N2O4. The number of nitrogens with one attached hydrogen (secondary N) is 2. The number of anilines is 2. The van der Waals surface area contributed by atoms with Gasteiger partial charge in [0.15, 0.2) is 11.5 Å². The summed E-state index contributed by atoms with van der Waals surface area (Å²) in [6, 6.07) is 13.0. The van der Waals surface area contributed by atoms with Crippen molar-refractivity contribution in [1.82, 2.24) is 0 Å². The fraction of sp³-hybridized carbons (Fsp3) is 0.381. The Kier molecular flexibility index (Phi) is 4.79. The summed E-state index contributed by atoms with van der Waals surface area (Å²) in [6.07, 6.45) is 5.28. The Morgan fingerprint density at radius 3 is 2.67 bits per heavy atom. The minimum Gasteiger partial charge on any atom is -0.495 e. The maximum absolute atomic E-state index is 12.3. The van der Waals surface area contributed by atoms with Gasteiger partial charge in [-0.25, -0.2) is 0 Å². The van der Waals surface area contributed by atoms with Gasteiger partial charge in [0, 0.05) is 24.6 Å². The molecule has 1 fully saturated rings. The summed E-state index contributed by atoms with van der Waals surface area (Å²) in [7, 11) is 1.60. The van der Waals surface area contributed by atoms with Crippen molar-refractivity contribution >= 4 is 17.3 Å². The molecule has 0 saturated heterocycles. The Hall–Kier alpha value is -2.89. The fourth-order valence-electron chi connectivity index (χ4n) is 3.64. The molecule has 2 N–H and O–H groups in total. The molecule has 27 heavy (non-hydrogen) atoms. The number of rotatable bonds is 5. The van der Waals surface area contributed by atoms with E-state index < -0.39 is 5.79 Å². The summed E-state index contributed by atoms with van der Waals surface area (Å²) in [4.78, 5) is 12.3. The molecule has 1 aliphatic carbocycles. The van der Waals surface area contributed by atoms with E-state index in [1.165, 1.54) is 6.42 Å². The van der Waals surface area contributed by atoms with Gasteiger partial charge in [-0.05, 0) is 37.1 Å². The third-order valence-corrected chi connectivity index (χ3v) is 4.98. The van der Waals surface area contributed by atoms with Gasteiger partial charge in [0.05, 0.1) is 19.3 Å². The maximum atomic E-state index is 12.3. The number of methoxy groups -OCH3 is 1. The highest BCUT2D eigenvalue weighted by Crippen LogP contribution is 2.46. The topological polar surface area (TPSA) is 68.8 Å². The average molecular weight is 368 g/mol. The molecule has 2 aromatic rings. The summed E-state index contributed by atoms with van der Waals surface area (Å²) in [5.41, 5.74) is 1.47. The lowest BCUT2D eigenvalue weighted by Gasteiger charge is -2.31. The second-order valence-electron chi connectivity index (χ2n) is 6.94. The molecule has 1 heterocycles. The molecule has 0 bridgehead atoms. The minimum absolute atomic E-state index is 0.138. The molecule has 0 aromatic heterocycles. The number of amides is 1. The van der Waals surface area contributed by atoms with Crippen LogP contribution in [0, 0.1) is 0 Å². The number of hydrogen-bond donors (Lipinski definition) is 2. The Morgan fingerprint density at radius 1 is 1.07 bits per heavy atom. The van der Waals surface area contributed by atoms with E-state index in [-0.39, 0.29) is 12.5 Å². The summed E-state index contributed by atoms with van der Waals surface area (Å²) in [5, 5.41) is 5.98. The molecule has 6 nitrogen and oxygen atoms in total. The van der Waals surface area contributed by atoms with Gasteiger partial charge in [0.1, 0.15) is 5.75 Å². The third-order valence-electron chi connectivity index (χ3n) is 4.98. The SMILES string of the molecule is COc1ccccc1NCC(=O)Nc1ccc2c(c1)OC1(CCCCC1)O2. The maximum Gasteiger partial charge on any atom is 0.251 e. The standard InChI is InChI=1S/C21H24N2O4/c1-25-17-8-4-3-7-16(17)22-14-20(24)23-15-9-10-18-19(13-15)27-21(26-18)11-5-2-6-12-21/h3-4,7-10,13,22H,2,5-6,11-12,14H2,1H3,(H,23,24). The summed E-state index contributed by atoms with van der Waals surface area (Å²) < 4.78 is 17.5. The third kappa shape index (κ3) is 3.79. The van der Waals surface area contributed by atoms with Crippen molar-refractivity contribution in [3.8, 4) is 17.2 Å². The van der Waals surface area contributed by atoms with Crippen LogP contribution in [-0.4, -0.2) is 25.3 Å². The Morgan fingerprint density at radius 2 is 1.85 bits per heavy atom. The second kappa shape index (κ2) is 7.39. The highest BCUT2D eigenvalue weighted by molar-refractivity contribution is 5.94. The van der Waals surface area contributed by atoms with Gasteiger partial charge >= 0.3 is 0 Å². The van der Waals surface area contributed by atoms with Crippen LogP contribution >= 0.6 is 0 Å². The van der Waals surface area contributed by atoms with Crippen LogP contribution in [0.15, 0.2) is 42.5 Å².